The molecule has 0 spiro atoms. The molecule has 1 aromatic rings. The number of hydrogen-bond donors (Lipinski definition) is 1. The molecule has 2 atom stereocenters. The van der Waals surface area contributed by atoms with Crippen molar-refractivity contribution in [3.63, 3.8) is 0 Å². The second-order valence-corrected chi connectivity index (χ2v) is 5.51. The molecule has 2 heterocycles. The fraction of sp³-hybridized carbons (Fsp3) is 0.615. The third kappa shape index (κ3) is 3.69. The van der Waals surface area contributed by atoms with Gasteiger partial charge in [0.1, 0.15) is 0 Å². The van der Waals surface area contributed by atoms with Crippen LogP contribution in [0, 0.1) is 0 Å². The summed E-state index contributed by atoms with van der Waals surface area (Å²) in [6.45, 7) is 2.96. The van der Waals surface area contributed by atoms with Gasteiger partial charge in [-0.1, -0.05) is 13.0 Å². The van der Waals surface area contributed by atoms with Gasteiger partial charge in [-0.25, -0.2) is 0 Å². The Labute approximate surface area is 107 Å². The van der Waals surface area contributed by atoms with Crippen molar-refractivity contribution >= 4 is 11.8 Å². The fourth-order valence-electron chi connectivity index (χ4n) is 1.91. The van der Waals surface area contributed by atoms with E-state index in [2.05, 4.69) is 24.0 Å². The zero-order valence-corrected chi connectivity index (χ0v) is 11.1. The molecule has 2 unspecified atom stereocenters. The highest BCUT2D eigenvalue weighted by Crippen LogP contribution is 2.16. The van der Waals surface area contributed by atoms with E-state index in [-0.39, 0.29) is 12.1 Å². The highest BCUT2D eigenvalue weighted by atomic mass is 32.2. The van der Waals surface area contributed by atoms with Crippen LogP contribution in [0.5, 0.6) is 0 Å². The molecular weight excluding hydrogens is 232 g/mol. The molecule has 2 rings (SSSR count). The summed E-state index contributed by atoms with van der Waals surface area (Å²) >= 11 is 1.92. The van der Waals surface area contributed by atoms with Crippen LogP contribution in [0.2, 0.25) is 0 Å². The van der Waals surface area contributed by atoms with E-state index in [4.69, 9.17) is 10.5 Å². The van der Waals surface area contributed by atoms with Crippen LogP contribution >= 0.6 is 11.8 Å². The molecular formula is C13H20N2OS. The lowest BCUT2D eigenvalue weighted by Crippen LogP contribution is -2.42. The maximum absolute atomic E-state index is 6.17. The Hall–Kier alpha value is -0.580. The zero-order valence-electron chi connectivity index (χ0n) is 10.3. The second-order valence-electron chi connectivity index (χ2n) is 4.36. The molecule has 1 fully saturated rings. The monoisotopic (exact) mass is 252 g/mol. The van der Waals surface area contributed by atoms with Crippen LogP contribution in [-0.2, 0) is 17.6 Å². The minimum Gasteiger partial charge on any atom is -0.375 e. The quantitative estimate of drug-likeness (QED) is 0.885. The molecule has 0 amide bonds. The molecule has 17 heavy (non-hydrogen) atoms. The summed E-state index contributed by atoms with van der Waals surface area (Å²) in [6.07, 6.45) is 3.96. The van der Waals surface area contributed by atoms with Gasteiger partial charge in [-0.3, -0.25) is 4.98 Å². The first-order valence-electron chi connectivity index (χ1n) is 6.18. The molecule has 1 saturated heterocycles. The van der Waals surface area contributed by atoms with E-state index >= 15 is 0 Å². The number of rotatable bonds is 4. The van der Waals surface area contributed by atoms with Crippen molar-refractivity contribution in [1.82, 2.24) is 4.98 Å². The Morgan fingerprint density at radius 2 is 2.47 bits per heavy atom. The molecule has 0 aromatic carbocycles. The van der Waals surface area contributed by atoms with E-state index in [0.717, 1.165) is 36.6 Å². The van der Waals surface area contributed by atoms with Gasteiger partial charge < -0.3 is 10.5 Å². The van der Waals surface area contributed by atoms with E-state index < -0.39 is 0 Å². The first-order chi connectivity index (χ1) is 8.29. The number of aromatic nitrogens is 1. The first kappa shape index (κ1) is 12.9. The summed E-state index contributed by atoms with van der Waals surface area (Å²) in [5, 5.41) is 0. The van der Waals surface area contributed by atoms with E-state index in [1.165, 1.54) is 5.56 Å². The minimum atomic E-state index is 0.0581. The number of aryl methyl sites for hydroxylation is 1. The summed E-state index contributed by atoms with van der Waals surface area (Å²) in [4.78, 5) is 4.44. The predicted octanol–water partition coefficient (Wildman–Crippen LogP) is 1.65. The van der Waals surface area contributed by atoms with Crippen molar-refractivity contribution < 1.29 is 4.74 Å². The molecule has 1 aliphatic rings. The molecule has 1 aromatic heterocycles. The van der Waals surface area contributed by atoms with Crippen LogP contribution in [-0.4, -0.2) is 35.2 Å². The van der Waals surface area contributed by atoms with Crippen LogP contribution in [0.1, 0.15) is 18.2 Å². The van der Waals surface area contributed by atoms with Crippen LogP contribution in [0.3, 0.4) is 0 Å². The molecule has 94 valence electrons. The van der Waals surface area contributed by atoms with Crippen molar-refractivity contribution in [3.8, 4) is 0 Å². The van der Waals surface area contributed by atoms with Gasteiger partial charge in [0.25, 0.3) is 0 Å². The summed E-state index contributed by atoms with van der Waals surface area (Å²) in [7, 11) is 0. The van der Waals surface area contributed by atoms with Crippen LogP contribution < -0.4 is 5.73 Å². The second kappa shape index (κ2) is 6.38. The van der Waals surface area contributed by atoms with Gasteiger partial charge in [0.2, 0.25) is 0 Å². The lowest BCUT2D eigenvalue weighted by molar-refractivity contribution is 0.0569. The number of pyridine rings is 1. The minimum absolute atomic E-state index is 0.0581. The van der Waals surface area contributed by atoms with Gasteiger partial charge in [-0.15, -0.1) is 0 Å². The Bertz CT molecular complexity index is 336. The molecule has 0 aliphatic carbocycles. The molecule has 3 nitrogen and oxygen atoms in total. The van der Waals surface area contributed by atoms with E-state index in [1.54, 1.807) is 0 Å². The van der Waals surface area contributed by atoms with Crippen molar-refractivity contribution in [2.24, 2.45) is 5.73 Å². The van der Waals surface area contributed by atoms with E-state index in [9.17, 15) is 0 Å². The maximum Gasteiger partial charge on any atom is 0.0820 e. The molecule has 0 saturated carbocycles. The molecule has 1 aliphatic heterocycles. The first-order valence-corrected chi connectivity index (χ1v) is 7.33. The third-order valence-corrected chi connectivity index (χ3v) is 4.08. The van der Waals surface area contributed by atoms with Gasteiger partial charge in [-0.05, 0) is 18.1 Å². The van der Waals surface area contributed by atoms with Gasteiger partial charge in [0.15, 0.2) is 0 Å². The largest absolute Gasteiger partial charge is 0.375 e. The third-order valence-electron chi connectivity index (χ3n) is 3.06. The van der Waals surface area contributed by atoms with Crippen molar-refractivity contribution in [3.05, 3.63) is 29.6 Å². The average molecular weight is 252 g/mol. The predicted molar refractivity (Wildman–Crippen MR) is 72.4 cm³/mol. The number of hydrogen-bond acceptors (Lipinski definition) is 4. The fourth-order valence-corrected chi connectivity index (χ4v) is 2.87. The highest BCUT2D eigenvalue weighted by Gasteiger charge is 2.22. The van der Waals surface area contributed by atoms with Gasteiger partial charge in [-0.2, -0.15) is 11.8 Å². The van der Waals surface area contributed by atoms with E-state index in [1.807, 2.05) is 18.0 Å². The van der Waals surface area contributed by atoms with Crippen molar-refractivity contribution in [2.45, 2.75) is 31.9 Å². The number of nitrogens with two attached hydrogens (primary N) is 1. The number of nitrogens with zero attached hydrogens (tertiary/aromatic N) is 1. The van der Waals surface area contributed by atoms with Crippen LogP contribution in [0.25, 0.3) is 0 Å². The average Bonchev–Trinajstić information content (AvgIpc) is 2.40. The summed E-state index contributed by atoms with van der Waals surface area (Å²) in [6, 6.07) is 4.27. The SMILES string of the molecule is CCc1ccc(CC(N)C2CSCCO2)nc1. The van der Waals surface area contributed by atoms with Gasteiger partial charge in [0.05, 0.1) is 12.7 Å². The zero-order chi connectivity index (χ0) is 12.1. The van der Waals surface area contributed by atoms with Crippen molar-refractivity contribution in [2.75, 3.05) is 18.1 Å². The Balaban J connectivity index is 1.89. The van der Waals surface area contributed by atoms with Gasteiger partial charge >= 0.3 is 0 Å². The van der Waals surface area contributed by atoms with Crippen LogP contribution in [0.4, 0.5) is 0 Å². The Kier molecular flexibility index (Phi) is 4.83. The molecule has 0 bridgehead atoms. The van der Waals surface area contributed by atoms with Crippen LogP contribution in [0.15, 0.2) is 18.3 Å². The lowest BCUT2D eigenvalue weighted by atomic mass is 10.1. The standard InChI is InChI=1S/C13H20N2OS/c1-2-10-3-4-11(15-8-10)7-12(14)13-9-17-6-5-16-13/h3-4,8,12-13H,2,5-7,9,14H2,1H3. The highest BCUT2D eigenvalue weighted by molar-refractivity contribution is 7.99. The summed E-state index contributed by atoms with van der Waals surface area (Å²) in [5.74, 6) is 2.10. The normalized spacial score (nSPS) is 22.4. The lowest BCUT2D eigenvalue weighted by Gasteiger charge is -2.27. The Morgan fingerprint density at radius 1 is 1.59 bits per heavy atom. The van der Waals surface area contributed by atoms with E-state index in [0.29, 0.717) is 0 Å². The Morgan fingerprint density at radius 3 is 3.06 bits per heavy atom. The number of thioether (sulfide) groups is 1. The topological polar surface area (TPSA) is 48.1 Å². The molecule has 2 N–H and O–H groups in total. The van der Waals surface area contributed by atoms with Crippen molar-refractivity contribution in [1.29, 1.82) is 0 Å². The summed E-state index contributed by atoms with van der Waals surface area (Å²) in [5.41, 5.74) is 8.51. The number of ether oxygens (including phenoxy) is 1. The summed E-state index contributed by atoms with van der Waals surface area (Å²) < 4.78 is 5.68. The smallest absolute Gasteiger partial charge is 0.0820 e. The molecule has 4 heteroatoms. The van der Waals surface area contributed by atoms with Gasteiger partial charge in [0, 0.05) is 35.9 Å². The molecule has 0 radical (unpaired) electrons. The maximum atomic E-state index is 6.17.